The molecule has 0 bridgehead atoms. The number of nitrogens with one attached hydrogen (secondary N) is 2. The summed E-state index contributed by atoms with van der Waals surface area (Å²) in [4.78, 5) is 25.9. The van der Waals surface area contributed by atoms with Crippen LogP contribution in [0.1, 0.15) is 40.9 Å². The first kappa shape index (κ1) is 27.3. The molecule has 1 fully saturated rings. The van der Waals surface area contributed by atoms with Crippen LogP contribution < -0.4 is 10.9 Å². The summed E-state index contributed by atoms with van der Waals surface area (Å²) in [6.07, 6.45) is 6.83. The van der Waals surface area contributed by atoms with Crippen molar-refractivity contribution in [2.45, 2.75) is 26.2 Å². The number of nitro benzene ring substituents is 1. The number of piperidine rings is 1. The average molecular weight is 551 g/mol. The average Bonchev–Trinajstić information content (AvgIpc) is 3.35. The molecular formula is C31H30N6O4. The maximum absolute atomic E-state index is 13.2. The lowest BCUT2D eigenvalue weighted by Gasteiger charge is -2.29. The Hall–Kier alpha value is -5.25. The molecule has 5 rings (SSSR count). The third-order valence-electron chi connectivity index (χ3n) is 6.81. The van der Waals surface area contributed by atoms with Crippen molar-refractivity contribution in [2.75, 3.05) is 18.5 Å². The Balaban J connectivity index is 1.49. The standard InChI is InChI=1S/C31H30N6O4/c1-22-26-12-6-7-13-28(26)41-29(22)31(38)35-33-27(19-14-23-10-4-2-5-11-23)30(36-20-8-3-9-21-36)34-32-24-15-17-25(18-16-24)37(39)40/h2,4-7,10-19,32H,3,8-9,20-21H2,1H3,(H,35,38)/b19-14+,33-27+,34-30-. The van der Waals surface area contributed by atoms with Crippen LogP contribution in [-0.4, -0.2) is 40.4 Å². The number of amidine groups is 1. The van der Waals surface area contributed by atoms with Crippen molar-refractivity contribution in [1.29, 1.82) is 0 Å². The fourth-order valence-corrected chi connectivity index (χ4v) is 4.62. The molecule has 1 saturated heterocycles. The molecular weight excluding hydrogens is 520 g/mol. The van der Waals surface area contributed by atoms with Crippen LogP contribution in [0.4, 0.5) is 11.4 Å². The van der Waals surface area contributed by atoms with Gasteiger partial charge in [0.1, 0.15) is 11.3 Å². The van der Waals surface area contributed by atoms with E-state index in [4.69, 9.17) is 4.42 Å². The maximum atomic E-state index is 13.2. The van der Waals surface area contributed by atoms with Crippen molar-refractivity contribution in [2.24, 2.45) is 10.2 Å². The summed E-state index contributed by atoms with van der Waals surface area (Å²) in [5, 5.41) is 21.1. The minimum atomic E-state index is -0.467. The molecule has 3 aromatic carbocycles. The number of rotatable bonds is 8. The number of amides is 1. The fourth-order valence-electron chi connectivity index (χ4n) is 4.62. The number of para-hydroxylation sites is 1. The van der Waals surface area contributed by atoms with Gasteiger partial charge >= 0.3 is 5.91 Å². The van der Waals surface area contributed by atoms with Crippen LogP contribution in [0.5, 0.6) is 0 Å². The number of benzene rings is 3. The second-order valence-electron chi connectivity index (χ2n) is 9.63. The van der Waals surface area contributed by atoms with Crippen molar-refractivity contribution in [3.63, 3.8) is 0 Å². The summed E-state index contributed by atoms with van der Waals surface area (Å²) in [5.74, 6) is 0.268. The van der Waals surface area contributed by atoms with Crippen LogP contribution in [-0.2, 0) is 0 Å². The van der Waals surface area contributed by atoms with Gasteiger partial charge in [-0.2, -0.15) is 10.2 Å². The van der Waals surface area contributed by atoms with Gasteiger partial charge < -0.3 is 9.32 Å². The molecule has 1 aliphatic rings. The third-order valence-corrected chi connectivity index (χ3v) is 6.81. The number of furan rings is 1. The number of nitrogens with zero attached hydrogens (tertiary/aromatic N) is 4. The minimum absolute atomic E-state index is 0.00702. The minimum Gasteiger partial charge on any atom is -0.451 e. The molecule has 10 nitrogen and oxygen atoms in total. The number of carbonyl (C=O) groups is 1. The van der Waals surface area contributed by atoms with Gasteiger partial charge in [-0.3, -0.25) is 20.3 Å². The molecule has 4 aromatic rings. The van der Waals surface area contributed by atoms with E-state index in [1.807, 2.05) is 73.7 Å². The lowest BCUT2D eigenvalue weighted by molar-refractivity contribution is -0.384. The quantitative estimate of drug-likeness (QED) is 0.114. The van der Waals surface area contributed by atoms with Crippen LogP contribution in [0.2, 0.25) is 0 Å². The zero-order valence-corrected chi connectivity index (χ0v) is 22.6. The molecule has 0 spiro atoms. The summed E-state index contributed by atoms with van der Waals surface area (Å²) < 4.78 is 5.83. The second-order valence-corrected chi connectivity index (χ2v) is 9.63. The first-order chi connectivity index (χ1) is 20.0. The highest BCUT2D eigenvalue weighted by Gasteiger charge is 2.21. The van der Waals surface area contributed by atoms with E-state index in [-0.39, 0.29) is 11.4 Å². The molecule has 0 atom stereocenters. The van der Waals surface area contributed by atoms with Crippen LogP contribution in [0.25, 0.3) is 17.0 Å². The number of likely N-dealkylation sites (tertiary alicyclic amines) is 1. The summed E-state index contributed by atoms with van der Waals surface area (Å²) in [6.45, 7) is 3.39. The SMILES string of the molecule is Cc1c(C(=O)N/N=C(\C=C\c2ccccc2)C(=N/Nc2ccc([N+](=O)[O-])cc2)/N2CCCCC2)oc2ccccc12. The van der Waals surface area contributed by atoms with Crippen LogP contribution in [0.15, 0.2) is 99.6 Å². The van der Waals surface area contributed by atoms with Gasteiger partial charge in [0.2, 0.25) is 0 Å². The van der Waals surface area contributed by atoms with Gasteiger partial charge in [-0.1, -0.05) is 54.6 Å². The monoisotopic (exact) mass is 550 g/mol. The zero-order valence-electron chi connectivity index (χ0n) is 22.6. The number of hydrogen-bond donors (Lipinski definition) is 2. The lowest BCUT2D eigenvalue weighted by Crippen LogP contribution is -2.41. The van der Waals surface area contributed by atoms with Crippen molar-refractivity contribution < 1.29 is 14.1 Å². The highest BCUT2D eigenvalue weighted by Crippen LogP contribution is 2.25. The molecule has 1 aromatic heterocycles. The molecule has 0 radical (unpaired) electrons. The predicted molar refractivity (Wildman–Crippen MR) is 161 cm³/mol. The highest BCUT2D eigenvalue weighted by atomic mass is 16.6. The summed E-state index contributed by atoms with van der Waals surface area (Å²) in [6, 6.07) is 23.3. The summed E-state index contributed by atoms with van der Waals surface area (Å²) in [5.41, 5.74) is 9.02. The van der Waals surface area contributed by atoms with Gasteiger partial charge in [0, 0.05) is 36.2 Å². The smallest absolute Gasteiger partial charge is 0.307 e. The van der Waals surface area contributed by atoms with Gasteiger partial charge in [0.25, 0.3) is 5.69 Å². The Morgan fingerprint density at radius 2 is 1.66 bits per heavy atom. The highest BCUT2D eigenvalue weighted by molar-refractivity contribution is 6.46. The first-order valence-corrected chi connectivity index (χ1v) is 13.4. The van der Waals surface area contributed by atoms with Gasteiger partial charge in [-0.05, 0) is 56.0 Å². The molecule has 208 valence electrons. The number of non-ortho nitro benzene ring substituents is 1. The number of hydrazone groups is 2. The van der Waals surface area contributed by atoms with Crippen LogP contribution >= 0.6 is 0 Å². The number of carbonyl (C=O) groups excluding carboxylic acids is 1. The Kier molecular flexibility index (Phi) is 8.49. The number of fused-ring (bicyclic) bond motifs is 1. The molecule has 0 unspecified atom stereocenters. The van der Waals surface area contributed by atoms with Gasteiger partial charge in [0.15, 0.2) is 11.6 Å². The van der Waals surface area contributed by atoms with Crippen molar-refractivity contribution in [3.8, 4) is 0 Å². The molecule has 1 aliphatic heterocycles. The van der Waals surface area contributed by atoms with E-state index >= 15 is 0 Å². The van der Waals surface area contributed by atoms with E-state index in [1.165, 1.54) is 12.1 Å². The molecule has 41 heavy (non-hydrogen) atoms. The van der Waals surface area contributed by atoms with E-state index in [9.17, 15) is 14.9 Å². The van der Waals surface area contributed by atoms with E-state index < -0.39 is 10.8 Å². The Labute approximate surface area is 237 Å². The topological polar surface area (TPSA) is 125 Å². The van der Waals surface area contributed by atoms with E-state index in [2.05, 4.69) is 26.0 Å². The van der Waals surface area contributed by atoms with Crippen molar-refractivity contribution in [1.82, 2.24) is 10.3 Å². The number of anilines is 1. The maximum Gasteiger partial charge on any atom is 0.307 e. The molecule has 0 saturated carbocycles. The van der Waals surface area contributed by atoms with E-state index in [1.54, 1.807) is 12.1 Å². The van der Waals surface area contributed by atoms with Gasteiger partial charge in [-0.15, -0.1) is 0 Å². The Morgan fingerprint density at radius 3 is 2.37 bits per heavy atom. The second kappa shape index (κ2) is 12.7. The van der Waals surface area contributed by atoms with E-state index in [0.29, 0.717) is 22.8 Å². The van der Waals surface area contributed by atoms with Crippen LogP contribution in [0.3, 0.4) is 0 Å². The molecule has 1 amide bonds. The van der Waals surface area contributed by atoms with E-state index in [0.717, 1.165) is 48.9 Å². The van der Waals surface area contributed by atoms with Crippen LogP contribution in [0, 0.1) is 17.0 Å². The number of hydrogen-bond acceptors (Lipinski definition) is 7. The summed E-state index contributed by atoms with van der Waals surface area (Å²) in [7, 11) is 0. The van der Waals surface area contributed by atoms with Gasteiger partial charge in [-0.25, -0.2) is 5.43 Å². The largest absolute Gasteiger partial charge is 0.451 e. The molecule has 2 N–H and O–H groups in total. The third kappa shape index (κ3) is 6.67. The zero-order chi connectivity index (χ0) is 28.6. The molecule has 10 heteroatoms. The lowest BCUT2D eigenvalue weighted by atomic mass is 10.1. The van der Waals surface area contributed by atoms with Crippen molar-refractivity contribution >= 4 is 45.9 Å². The normalized spacial score (nSPS) is 14.4. The number of aryl methyl sites for hydroxylation is 1. The summed E-state index contributed by atoms with van der Waals surface area (Å²) >= 11 is 0. The van der Waals surface area contributed by atoms with Gasteiger partial charge in [0.05, 0.1) is 10.6 Å². The Bertz CT molecular complexity index is 1620. The first-order valence-electron chi connectivity index (χ1n) is 13.4. The number of nitro groups is 1. The molecule has 2 heterocycles. The van der Waals surface area contributed by atoms with Crippen molar-refractivity contribution in [3.05, 3.63) is 112 Å². The fraction of sp³-hybridized carbons (Fsp3) is 0.194. The Morgan fingerprint density at radius 1 is 0.951 bits per heavy atom. The molecule has 0 aliphatic carbocycles. The predicted octanol–water partition coefficient (Wildman–Crippen LogP) is 6.36.